The molecule has 0 amide bonds. The number of hydrogen-bond donors (Lipinski definition) is 2. The van der Waals surface area contributed by atoms with Crippen LogP contribution in [0.2, 0.25) is 0 Å². The molecule has 2 aromatic rings. The molecule has 1 aromatic heterocycles. The van der Waals surface area contributed by atoms with E-state index in [2.05, 4.69) is 9.97 Å². The number of ether oxygens (including phenoxy) is 1. The standard InChI is InChI=1S/C14H16N2O3/c1-8(2)14-15-12(18)7-13(16-14)19-11-6-4-5-10(17)9(11)3/h4-8,17H,1-3H3,(H,15,16,18). The Bertz CT molecular complexity index is 647. The van der Waals surface area contributed by atoms with Gasteiger partial charge >= 0.3 is 0 Å². The average Bonchev–Trinajstić information content (AvgIpc) is 2.34. The maximum Gasteiger partial charge on any atom is 0.254 e. The van der Waals surface area contributed by atoms with Gasteiger partial charge in [-0.25, -0.2) is 0 Å². The highest BCUT2D eigenvalue weighted by Gasteiger charge is 2.09. The normalized spacial score (nSPS) is 10.7. The summed E-state index contributed by atoms with van der Waals surface area (Å²) in [5.74, 6) is 1.52. The smallest absolute Gasteiger partial charge is 0.254 e. The molecule has 0 unspecified atom stereocenters. The van der Waals surface area contributed by atoms with Gasteiger partial charge in [0, 0.05) is 11.5 Å². The van der Waals surface area contributed by atoms with Crippen LogP contribution in [0, 0.1) is 6.92 Å². The number of benzene rings is 1. The first kappa shape index (κ1) is 13.1. The van der Waals surface area contributed by atoms with Gasteiger partial charge in [0.15, 0.2) is 0 Å². The first-order valence-electron chi connectivity index (χ1n) is 6.05. The van der Waals surface area contributed by atoms with Crippen molar-refractivity contribution < 1.29 is 9.84 Å². The van der Waals surface area contributed by atoms with Crippen molar-refractivity contribution in [2.45, 2.75) is 26.7 Å². The van der Waals surface area contributed by atoms with Gasteiger partial charge in [-0.2, -0.15) is 4.98 Å². The van der Waals surface area contributed by atoms with Crippen molar-refractivity contribution in [1.29, 1.82) is 0 Å². The average molecular weight is 260 g/mol. The fourth-order valence-corrected chi connectivity index (χ4v) is 1.61. The summed E-state index contributed by atoms with van der Waals surface area (Å²) in [4.78, 5) is 18.4. The van der Waals surface area contributed by atoms with Crippen LogP contribution in [0.4, 0.5) is 0 Å². The highest BCUT2D eigenvalue weighted by atomic mass is 16.5. The summed E-state index contributed by atoms with van der Waals surface area (Å²) in [5.41, 5.74) is 0.349. The van der Waals surface area contributed by atoms with E-state index in [0.29, 0.717) is 17.1 Å². The molecule has 19 heavy (non-hydrogen) atoms. The van der Waals surface area contributed by atoms with Crippen LogP contribution in [-0.4, -0.2) is 15.1 Å². The third kappa shape index (κ3) is 2.93. The molecule has 0 bridgehead atoms. The zero-order valence-corrected chi connectivity index (χ0v) is 11.1. The highest BCUT2D eigenvalue weighted by molar-refractivity contribution is 5.44. The molecule has 1 heterocycles. The molecule has 0 aliphatic carbocycles. The molecule has 0 saturated heterocycles. The van der Waals surface area contributed by atoms with E-state index in [1.807, 2.05) is 13.8 Å². The van der Waals surface area contributed by atoms with Crippen molar-refractivity contribution in [2.75, 3.05) is 0 Å². The molecule has 5 heteroatoms. The van der Waals surface area contributed by atoms with Gasteiger partial charge in [-0.05, 0) is 19.1 Å². The van der Waals surface area contributed by atoms with Crippen molar-refractivity contribution in [2.24, 2.45) is 0 Å². The quantitative estimate of drug-likeness (QED) is 0.889. The zero-order chi connectivity index (χ0) is 14.0. The summed E-state index contributed by atoms with van der Waals surface area (Å²) >= 11 is 0. The minimum Gasteiger partial charge on any atom is -0.508 e. The predicted molar refractivity (Wildman–Crippen MR) is 71.9 cm³/mol. The lowest BCUT2D eigenvalue weighted by Gasteiger charge is -2.10. The maximum atomic E-state index is 11.5. The molecule has 100 valence electrons. The number of aromatic amines is 1. The van der Waals surface area contributed by atoms with Crippen LogP contribution in [0.15, 0.2) is 29.1 Å². The van der Waals surface area contributed by atoms with Crippen LogP contribution in [0.1, 0.15) is 31.2 Å². The Kier molecular flexibility index (Phi) is 3.55. The summed E-state index contributed by atoms with van der Waals surface area (Å²) < 4.78 is 5.57. The minimum absolute atomic E-state index is 0.0986. The number of phenols is 1. The monoisotopic (exact) mass is 260 g/mol. The van der Waals surface area contributed by atoms with E-state index >= 15 is 0 Å². The molecule has 2 N–H and O–H groups in total. The number of aromatic nitrogens is 2. The number of nitrogens with zero attached hydrogens (tertiary/aromatic N) is 1. The number of H-pyrrole nitrogens is 1. The van der Waals surface area contributed by atoms with Gasteiger partial charge in [0.1, 0.15) is 17.3 Å². The highest BCUT2D eigenvalue weighted by Crippen LogP contribution is 2.29. The van der Waals surface area contributed by atoms with Gasteiger partial charge in [0.2, 0.25) is 5.88 Å². The SMILES string of the molecule is Cc1c(O)cccc1Oc1cc(=O)[nH]c(C(C)C)n1. The van der Waals surface area contributed by atoms with Crippen molar-refractivity contribution in [1.82, 2.24) is 9.97 Å². The summed E-state index contributed by atoms with van der Waals surface area (Å²) in [6, 6.07) is 6.25. The number of hydrogen-bond acceptors (Lipinski definition) is 4. The number of nitrogens with one attached hydrogen (secondary N) is 1. The number of rotatable bonds is 3. The van der Waals surface area contributed by atoms with Crippen molar-refractivity contribution in [3.05, 3.63) is 46.0 Å². The fraction of sp³-hybridized carbons (Fsp3) is 0.286. The number of aromatic hydroxyl groups is 1. The van der Waals surface area contributed by atoms with Crippen LogP contribution in [-0.2, 0) is 0 Å². The lowest BCUT2D eigenvalue weighted by atomic mass is 10.2. The van der Waals surface area contributed by atoms with E-state index in [4.69, 9.17) is 4.74 Å². The molecule has 0 fully saturated rings. The van der Waals surface area contributed by atoms with E-state index in [1.165, 1.54) is 6.07 Å². The van der Waals surface area contributed by atoms with E-state index in [-0.39, 0.29) is 23.1 Å². The molecule has 5 nitrogen and oxygen atoms in total. The molecular formula is C14H16N2O3. The molecule has 0 spiro atoms. The predicted octanol–water partition coefficient (Wildman–Crippen LogP) is 2.70. The second-order valence-electron chi connectivity index (χ2n) is 4.63. The molecule has 0 saturated carbocycles. The van der Waals surface area contributed by atoms with E-state index in [9.17, 15) is 9.90 Å². The second-order valence-corrected chi connectivity index (χ2v) is 4.63. The van der Waals surface area contributed by atoms with Gasteiger partial charge in [0.25, 0.3) is 5.56 Å². The Morgan fingerprint density at radius 3 is 2.79 bits per heavy atom. The van der Waals surface area contributed by atoms with E-state index in [1.54, 1.807) is 25.1 Å². The van der Waals surface area contributed by atoms with E-state index < -0.39 is 0 Å². The molecule has 0 radical (unpaired) electrons. The van der Waals surface area contributed by atoms with Gasteiger partial charge < -0.3 is 14.8 Å². The van der Waals surface area contributed by atoms with Crippen LogP contribution in [0.3, 0.4) is 0 Å². The maximum absolute atomic E-state index is 11.5. The Hall–Kier alpha value is -2.30. The third-order valence-electron chi connectivity index (χ3n) is 2.75. The van der Waals surface area contributed by atoms with Crippen LogP contribution in [0.25, 0.3) is 0 Å². The Balaban J connectivity index is 2.38. The number of phenolic OH excluding ortho intramolecular Hbond substituents is 1. The largest absolute Gasteiger partial charge is 0.508 e. The topological polar surface area (TPSA) is 75.2 Å². The first-order valence-corrected chi connectivity index (χ1v) is 6.05. The summed E-state index contributed by atoms with van der Waals surface area (Å²) in [6.45, 7) is 5.60. The molecule has 0 atom stereocenters. The Morgan fingerprint density at radius 2 is 2.11 bits per heavy atom. The summed E-state index contributed by atoms with van der Waals surface area (Å²) in [7, 11) is 0. The second kappa shape index (κ2) is 5.14. The summed E-state index contributed by atoms with van der Waals surface area (Å²) in [6.07, 6.45) is 0. The molecular weight excluding hydrogens is 244 g/mol. The van der Waals surface area contributed by atoms with Crippen molar-refractivity contribution in [3.8, 4) is 17.4 Å². The van der Waals surface area contributed by atoms with Crippen molar-refractivity contribution >= 4 is 0 Å². The van der Waals surface area contributed by atoms with Gasteiger partial charge in [-0.3, -0.25) is 4.79 Å². The van der Waals surface area contributed by atoms with Crippen molar-refractivity contribution in [3.63, 3.8) is 0 Å². The minimum atomic E-state index is -0.258. The lowest BCUT2D eigenvalue weighted by molar-refractivity contribution is 0.435. The molecule has 2 rings (SSSR count). The Morgan fingerprint density at radius 1 is 1.37 bits per heavy atom. The van der Waals surface area contributed by atoms with Crippen LogP contribution < -0.4 is 10.3 Å². The van der Waals surface area contributed by atoms with E-state index in [0.717, 1.165) is 0 Å². The van der Waals surface area contributed by atoms with Gasteiger partial charge in [-0.1, -0.05) is 19.9 Å². The third-order valence-corrected chi connectivity index (χ3v) is 2.75. The molecule has 0 aliphatic heterocycles. The molecule has 0 aliphatic rings. The van der Waals surface area contributed by atoms with Crippen LogP contribution in [0.5, 0.6) is 17.4 Å². The lowest BCUT2D eigenvalue weighted by Crippen LogP contribution is -2.12. The first-order chi connectivity index (χ1) is 8.97. The summed E-state index contributed by atoms with van der Waals surface area (Å²) in [5, 5.41) is 9.61. The van der Waals surface area contributed by atoms with Gasteiger partial charge in [-0.15, -0.1) is 0 Å². The zero-order valence-electron chi connectivity index (χ0n) is 11.1. The Labute approximate surface area is 110 Å². The van der Waals surface area contributed by atoms with Crippen LogP contribution >= 0.6 is 0 Å². The fourth-order valence-electron chi connectivity index (χ4n) is 1.61. The van der Waals surface area contributed by atoms with Gasteiger partial charge in [0.05, 0.1) is 6.07 Å². The molecule has 1 aromatic carbocycles.